The highest BCUT2D eigenvalue weighted by Crippen LogP contribution is 2.26. The maximum absolute atomic E-state index is 12.8. The summed E-state index contributed by atoms with van der Waals surface area (Å²) >= 11 is 7.47. The van der Waals surface area contributed by atoms with Crippen molar-refractivity contribution in [3.63, 3.8) is 0 Å². The van der Waals surface area contributed by atoms with Gasteiger partial charge < -0.3 is 9.73 Å². The maximum Gasteiger partial charge on any atom is 0.420 e. The number of amides is 1. The number of halogens is 1. The summed E-state index contributed by atoms with van der Waals surface area (Å²) in [5.74, 6) is -1.18. The molecule has 0 radical (unpaired) electrons. The second-order valence-electron chi connectivity index (χ2n) is 6.47. The lowest BCUT2D eigenvalue weighted by atomic mass is 10.0. The molecular weight excluding hydrogens is 430 g/mol. The molecule has 0 bridgehead atoms. The highest BCUT2D eigenvalue weighted by molar-refractivity contribution is 7.08. The van der Waals surface area contributed by atoms with Crippen LogP contribution >= 0.6 is 22.9 Å². The van der Waals surface area contributed by atoms with E-state index in [4.69, 9.17) is 16.0 Å². The van der Waals surface area contributed by atoms with Crippen LogP contribution in [0.5, 0.6) is 0 Å². The predicted molar refractivity (Wildman–Crippen MR) is 113 cm³/mol. The van der Waals surface area contributed by atoms with Crippen molar-refractivity contribution in [2.24, 2.45) is 0 Å². The fourth-order valence-electron chi connectivity index (χ4n) is 3.12. The minimum atomic E-state index is -0.765. The lowest BCUT2D eigenvalue weighted by Crippen LogP contribution is -2.34. The molecule has 30 heavy (non-hydrogen) atoms. The summed E-state index contributed by atoms with van der Waals surface area (Å²) in [5.41, 5.74) is 1.89. The van der Waals surface area contributed by atoms with Crippen LogP contribution in [0.2, 0.25) is 5.02 Å². The van der Waals surface area contributed by atoms with Crippen molar-refractivity contribution in [1.82, 2.24) is 9.88 Å². The molecule has 8 nitrogen and oxygen atoms in total. The largest absolute Gasteiger partial charge is 0.420 e. The fraction of sp³-hybridized carbons (Fsp3) is 0.100. The van der Waals surface area contributed by atoms with Gasteiger partial charge in [0.25, 0.3) is 5.69 Å². The standard InChI is InChI=1S/C20H14ClN3O5S/c21-14-3-1-12(2-4-14)19(13-7-8-30-11-13)22-18(25)10-23-16-6-5-15(24(27)28)9-17(16)29-20(23)26/h1-9,11,19H,10H2,(H,22,25). The molecule has 0 fully saturated rings. The number of aromatic nitrogens is 1. The van der Waals surface area contributed by atoms with E-state index in [2.05, 4.69) is 5.32 Å². The summed E-state index contributed by atoms with van der Waals surface area (Å²) < 4.78 is 6.22. The number of nitrogens with one attached hydrogen (secondary N) is 1. The molecule has 2 aromatic heterocycles. The van der Waals surface area contributed by atoms with Crippen LogP contribution in [0, 0.1) is 10.1 Å². The van der Waals surface area contributed by atoms with Gasteiger partial charge in [-0.3, -0.25) is 19.5 Å². The van der Waals surface area contributed by atoms with Gasteiger partial charge >= 0.3 is 5.76 Å². The Balaban J connectivity index is 1.61. The normalized spacial score (nSPS) is 12.0. The molecule has 1 atom stereocenters. The number of carbonyl (C=O) groups is 1. The van der Waals surface area contributed by atoms with Crippen molar-refractivity contribution in [2.45, 2.75) is 12.6 Å². The highest BCUT2D eigenvalue weighted by Gasteiger charge is 2.20. The Hall–Kier alpha value is -3.43. The SMILES string of the molecule is O=C(Cn1c(=O)oc2cc([N+](=O)[O-])ccc21)NC(c1ccc(Cl)cc1)c1ccsc1. The average molecular weight is 444 g/mol. The lowest BCUT2D eigenvalue weighted by molar-refractivity contribution is -0.384. The van der Waals surface area contributed by atoms with Crippen LogP contribution < -0.4 is 11.1 Å². The van der Waals surface area contributed by atoms with E-state index in [1.54, 1.807) is 12.1 Å². The topological polar surface area (TPSA) is 107 Å². The van der Waals surface area contributed by atoms with Crippen molar-refractivity contribution in [3.05, 3.63) is 96.1 Å². The van der Waals surface area contributed by atoms with Crippen LogP contribution in [0.4, 0.5) is 5.69 Å². The van der Waals surface area contributed by atoms with Gasteiger partial charge in [-0.2, -0.15) is 11.3 Å². The third-order valence-electron chi connectivity index (χ3n) is 4.55. The molecule has 4 aromatic rings. The maximum atomic E-state index is 12.8. The summed E-state index contributed by atoms with van der Waals surface area (Å²) in [6, 6.07) is 12.4. The molecule has 0 saturated heterocycles. The Morgan fingerprint density at radius 1 is 1.20 bits per heavy atom. The van der Waals surface area contributed by atoms with E-state index in [9.17, 15) is 19.7 Å². The second kappa shape index (κ2) is 8.13. The first-order chi connectivity index (χ1) is 14.4. The predicted octanol–water partition coefficient (Wildman–Crippen LogP) is 4.12. The minimum Gasteiger partial charge on any atom is -0.407 e. The second-order valence-corrected chi connectivity index (χ2v) is 7.69. The van der Waals surface area contributed by atoms with Gasteiger partial charge in [-0.1, -0.05) is 23.7 Å². The zero-order valence-electron chi connectivity index (χ0n) is 15.3. The van der Waals surface area contributed by atoms with E-state index < -0.39 is 22.6 Å². The summed E-state index contributed by atoms with van der Waals surface area (Å²) in [7, 11) is 0. The number of rotatable bonds is 6. The third kappa shape index (κ3) is 3.98. The van der Waals surface area contributed by atoms with Crippen LogP contribution in [0.25, 0.3) is 11.1 Å². The lowest BCUT2D eigenvalue weighted by Gasteiger charge is -2.19. The molecule has 1 unspecified atom stereocenters. The molecular formula is C20H14ClN3O5S. The Morgan fingerprint density at radius 2 is 1.97 bits per heavy atom. The zero-order chi connectivity index (χ0) is 21.3. The molecule has 0 aliphatic carbocycles. The molecule has 152 valence electrons. The summed E-state index contributed by atoms with van der Waals surface area (Å²) in [5, 5.41) is 18.3. The molecule has 10 heteroatoms. The van der Waals surface area contributed by atoms with Crippen molar-refractivity contribution in [3.8, 4) is 0 Å². The highest BCUT2D eigenvalue weighted by atomic mass is 35.5. The average Bonchev–Trinajstić information content (AvgIpc) is 3.35. The van der Waals surface area contributed by atoms with Gasteiger partial charge in [0.05, 0.1) is 22.5 Å². The molecule has 0 aliphatic rings. The number of oxazole rings is 1. The quantitative estimate of drug-likeness (QED) is 0.356. The number of hydrogen-bond donors (Lipinski definition) is 1. The number of benzene rings is 2. The van der Waals surface area contributed by atoms with Gasteiger partial charge in [0.15, 0.2) is 5.58 Å². The van der Waals surface area contributed by atoms with E-state index in [1.807, 2.05) is 29.0 Å². The molecule has 4 rings (SSSR count). The number of fused-ring (bicyclic) bond motifs is 1. The van der Waals surface area contributed by atoms with E-state index >= 15 is 0 Å². The van der Waals surface area contributed by atoms with Crippen molar-refractivity contribution < 1.29 is 14.1 Å². The number of nitrogens with zero attached hydrogens (tertiary/aromatic N) is 2. The van der Waals surface area contributed by atoms with E-state index in [0.29, 0.717) is 10.5 Å². The van der Waals surface area contributed by atoms with E-state index in [1.165, 1.54) is 23.5 Å². The fourth-order valence-corrected chi connectivity index (χ4v) is 3.93. The molecule has 0 aliphatic heterocycles. The minimum absolute atomic E-state index is 0.0501. The van der Waals surface area contributed by atoms with Gasteiger partial charge in [0.1, 0.15) is 6.54 Å². The number of carbonyl (C=O) groups excluding carboxylic acids is 1. The Kier molecular flexibility index (Phi) is 5.39. The van der Waals surface area contributed by atoms with Crippen LogP contribution in [0.3, 0.4) is 0 Å². The first kappa shape index (κ1) is 19.9. The molecule has 0 saturated carbocycles. The van der Waals surface area contributed by atoms with Gasteiger partial charge in [0, 0.05) is 11.1 Å². The zero-order valence-corrected chi connectivity index (χ0v) is 16.9. The number of non-ortho nitro benzene ring substituents is 1. The van der Waals surface area contributed by atoms with Crippen molar-refractivity contribution >= 4 is 45.6 Å². The van der Waals surface area contributed by atoms with Crippen LogP contribution in [0.1, 0.15) is 17.2 Å². The molecule has 1 N–H and O–H groups in total. The van der Waals surface area contributed by atoms with Crippen molar-refractivity contribution in [1.29, 1.82) is 0 Å². The Labute approximate surface area is 178 Å². The van der Waals surface area contributed by atoms with Crippen LogP contribution in [-0.2, 0) is 11.3 Å². The van der Waals surface area contributed by atoms with Crippen LogP contribution in [-0.4, -0.2) is 15.4 Å². The monoisotopic (exact) mass is 443 g/mol. The molecule has 2 aromatic carbocycles. The van der Waals surface area contributed by atoms with Crippen molar-refractivity contribution in [2.75, 3.05) is 0 Å². The summed E-state index contributed by atoms with van der Waals surface area (Å²) in [4.78, 5) is 35.3. The van der Waals surface area contributed by atoms with Gasteiger partial charge in [-0.25, -0.2) is 4.79 Å². The van der Waals surface area contributed by atoms with E-state index in [0.717, 1.165) is 21.8 Å². The third-order valence-corrected chi connectivity index (χ3v) is 5.50. The van der Waals surface area contributed by atoms with Crippen LogP contribution in [0.15, 0.2) is 68.5 Å². The molecule has 1 amide bonds. The smallest absolute Gasteiger partial charge is 0.407 e. The van der Waals surface area contributed by atoms with Gasteiger partial charge in [0.2, 0.25) is 5.91 Å². The first-order valence-corrected chi connectivity index (χ1v) is 10.1. The summed E-state index contributed by atoms with van der Waals surface area (Å²) in [6.07, 6.45) is 0. The Bertz CT molecular complexity index is 1280. The van der Waals surface area contributed by atoms with Gasteiger partial charge in [-0.05, 0) is 46.2 Å². The van der Waals surface area contributed by atoms with E-state index in [-0.39, 0.29) is 17.8 Å². The number of thiophene rings is 1. The van der Waals surface area contributed by atoms with Gasteiger partial charge in [-0.15, -0.1) is 0 Å². The summed E-state index contributed by atoms with van der Waals surface area (Å²) in [6.45, 7) is -0.294. The number of nitro groups is 1. The molecule has 0 spiro atoms. The number of hydrogen-bond acceptors (Lipinski definition) is 6. The number of nitro benzene ring substituents is 1. The molecule has 2 heterocycles. The Morgan fingerprint density at radius 3 is 2.63 bits per heavy atom. The first-order valence-electron chi connectivity index (χ1n) is 8.77.